The van der Waals surface area contributed by atoms with Gasteiger partial charge in [0.05, 0.1) is 23.8 Å². The molecule has 0 unspecified atom stereocenters. The highest BCUT2D eigenvalue weighted by Gasteiger charge is 2.46. The summed E-state index contributed by atoms with van der Waals surface area (Å²) in [5.74, 6) is -1.62. The molecule has 0 aliphatic carbocycles. The molecule has 0 heterocycles. The molecule has 0 aliphatic heterocycles. The molecule has 9 heteroatoms. The number of hydrogen-bond acceptors (Lipinski definition) is 3. The minimum atomic E-state index is -5.43. The van der Waals surface area contributed by atoms with Crippen LogP contribution in [0.2, 0.25) is 0 Å². The highest BCUT2D eigenvalue weighted by atomic mass is 19.4. The van der Waals surface area contributed by atoms with Crippen LogP contribution in [-0.2, 0) is 17.1 Å². The quantitative estimate of drug-likeness (QED) is 0.478. The number of carbonyl (C=O) groups is 2. The number of benzene rings is 1. The summed E-state index contributed by atoms with van der Waals surface area (Å²) in [4.78, 5) is 21.7. The largest absolute Gasteiger partial charge is 0.465 e. The first-order valence-corrected chi connectivity index (χ1v) is 4.88. The van der Waals surface area contributed by atoms with Gasteiger partial charge in [0.1, 0.15) is 6.29 Å². The van der Waals surface area contributed by atoms with Gasteiger partial charge in [-0.25, -0.2) is 4.79 Å². The normalized spacial score (nSPS) is 12.2. The molecule has 0 spiro atoms. The van der Waals surface area contributed by atoms with Crippen molar-refractivity contribution in [2.45, 2.75) is 12.4 Å². The molecule has 0 radical (unpaired) electrons. The molecule has 0 aliphatic rings. The zero-order valence-corrected chi connectivity index (χ0v) is 9.72. The van der Waals surface area contributed by atoms with E-state index >= 15 is 0 Å². The first kappa shape index (κ1) is 16.0. The van der Waals surface area contributed by atoms with Crippen LogP contribution in [0.25, 0.3) is 0 Å². The van der Waals surface area contributed by atoms with Gasteiger partial charge in [0.25, 0.3) is 0 Å². The molecule has 0 N–H and O–H groups in total. The van der Waals surface area contributed by atoms with Crippen molar-refractivity contribution < 1.29 is 40.7 Å². The molecule has 1 aromatic rings. The lowest BCUT2D eigenvalue weighted by molar-refractivity contribution is -0.162. The van der Waals surface area contributed by atoms with Crippen molar-refractivity contribution in [1.82, 2.24) is 0 Å². The minimum Gasteiger partial charge on any atom is -0.465 e. The van der Waals surface area contributed by atoms with Crippen LogP contribution in [0.4, 0.5) is 26.3 Å². The minimum absolute atomic E-state index is 0.0300. The molecule has 1 aromatic carbocycles. The smallest absolute Gasteiger partial charge is 0.417 e. The number of aldehydes is 1. The Kier molecular flexibility index (Phi) is 4.11. The van der Waals surface area contributed by atoms with E-state index in [-0.39, 0.29) is 12.4 Å². The summed E-state index contributed by atoms with van der Waals surface area (Å²) in [6, 6.07) is 0.430. The van der Waals surface area contributed by atoms with Crippen molar-refractivity contribution in [3.05, 3.63) is 34.4 Å². The molecule has 0 amide bonds. The highest BCUT2D eigenvalue weighted by Crippen LogP contribution is 2.42. The Bertz CT molecular complexity index is 544. The number of halogens is 6. The molecule has 0 saturated heterocycles. The fraction of sp³-hybridized carbons (Fsp3) is 0.273. The summed E-state index contributed by atoms with van der Waals surface area (Å²) in [6.45, 7) is 0. The van der Waals surface area contributed by atoms with E-state index < -0.39 is 40.6 Å². The van der Waals surface area contributed by atoms with Crippen molar-refractivity contribution in [1.29, 1.82) is 0 Å². The van der Waals surface area contributed by atoms with Crippen LogP contribution in [0.15, 0.2) is 12.1 Å². The third-order valence-corrected chi connectivity index (χ3v) is 2.29. The predicted molar refractivity (Wildman–Crippen MR) is 53.2 cm³/mol. The topological polar surface area (TPSA) is 43.4 Å². The van der Waals surface area contributed by atoms with E-state index in [1.807, 2.05) is 0 Å². The van der Waals surface area contributed by atoms with Crippen molar-refractivity contribution >= 4 is 12.3 Å². The highest BCUT2D eigenvalue weighted by molar-refractivity contribution is 5.94. The van der Waals surface area contributed by atoms with Crippen molar-refractivity contribution in [2.75, 3.05) is 7.11 Å². The summed E-state index contributed by atoms with van der Waals surface area (Å²) in [5.41, 5.74) is -6.37. The number of methoxy groups -OCH3 is 1. The first-order valence-electron chi connectivity index (χ1n) is 4.88. The second-order valence-corrected chi connectivity index (χ2v) is 3.60. The van der Waals surface area contributed by atoms with Gasteiger partial charge in [-0.3, -0.25) is 4.79 Å². The number of alkyl halides is 6. The summed E-state index contributed by atoms with van der Waals surface area (Å²) in [7, 11) is 0.712. The molecule has 3 nitrogen and oxygen atoms in total. The average Bonchev–Trinajstić information content (AvgIpc) is 2.33. The summed E-state index contributed by atoms with van der Waals surface area (Å²) in [6.07, 6.45) is -10.9. The van der Waals surface area contributed by atoms with Crippen LogP contribution in [0.3, 0.4) is 0 Å². The number of hydrogen-bond donors (Lipinski definition) is 0. The monoisotopic (exact) mass is 300 g/mol. The van der Waals surface area contributed by atoms with Crippen molar-refractivity contribution in [3.8, 4) is 0 Å². The standard InChI is InChI=1S/C11H6F6O3/c1-20-9(19)6-2-5(4-18)3-7(10(12,13)14)8(6)11(15,16)17/h2-4H,1H3. The third-order valence-electron chi connectivity index (χ3n) is 2.29. The maximum absolute atomic E-state index is 12.8. The number of carbonyl (C=O) groups excluding carboxylic acids is 2. The second kappa shape index (κ2) is 5.14. The van der Waals surface area contributed by atoms with Crippen LogP contribution in [0.1, 0.15) is 31.8 Å². The van der Waals surface area contributed by atoms with Crippen LogP contribution < -0.4 is 0 Å². The Morgan fingerprint density at radius 2 is 1.65 bits per heavy atom. The van der Waals surface area contributed by atoms with E-state index in [9.17, 15) is 35.9 Å². The number of rotatable bonds is 2. The number of ether oxygens (including phenoxy) is 1. The van der Waals surface area contributed by atoms with E-state index in [4.69, 9.17) is 0 Å². The molecular weight excluding hydrogens is 294 g/mol. The van der Waals surface area contributed by atoms with E-state index in [2.05, 4.69) is 4.74 Å². The lowest BCUT2D eigenvalue weighted by Gasteiger charge is -2.18. The predicted octanol–water partition coefficient (Wildman–Crippen LogP) is 3.32. The lowest BCUT2D eigenvalue weighted by Crippen LogP contribution is -2.22. The van der Waals surface area contributed by atoms with Gasteiger partial charge in [-0.15, -0.1) is 0 Å². The molecule has 1 rings (SSSR count). The Balaban J connectivity index is 3.82. The first-order chi connectivity index (χ1) is 9.02. The van der Waals surface area contributed by atoms with Gasteiger partial charge < -0.3 is 4.74 Å². The second-order valence-electron chi connectivity index (χ2n) is 3.60. The van der Waals surface area contributed by atoms with Crippen LogP contribution >= 0.6 is 0 Å². The molecule has 0 atom stereocenters. The Morgan fingerprint density at radius 1 is 1.10 bits per heavy atom. The fourth-order valence-electron chi connectivity index (χ4n) is 1.53. The Labute approximate surface area is 108 Å². The van der Waals surface area contributed by atoms with E-state index in [0.29, 0.717) is 13.2 Å². The van der Waals surface area contributed by atoms with Gasteiger partial charge in [0, 0.05) is 5.56 Å². The molecule has 20 heavy (non-hydrogen) atoms. The summed E-state index contributed by atoms with van der Waals surface area (Å²) >= 11 is 0. The zero-order valence-electron chi connectivity index (χ0n) is 9.72. The average molecular weight is 300 g/mol. The maximum atomic E-state index is 12.8. The van der Waals surface area contributed by atoms with E-state index in [1.165, 1.54) is 0 Å². The fourth-order valence-corrected chi connectivity index (χ4v) is 1.53. The molecule has 0 aromatic heterocycles. The van der Waals surface area contributed by atoms with Gasteiger partial charge >= 0.3 is 18.3 Å². The third kappa shape index (κ3) is 3.09. The lowest BCUT2D eigenvalue weighted by atomic mass is 9.97. The van der Waals surface area contributed by atoms with Crippen LogP contribution in [-0.4, -0.2) is 19.4 Å². The van der Waals surface area contributed by atoms with E-state index in [0.717, 1.165) is 0 Å². The summed E-state index contributed by atoms with van der Waals surface area (Å²) in [5, 5.41) is 0. The van der Waals surface area contributed by atoms with Gasteiger partial charge in [0.15, 0.2) is 0 Å². The Morgan fingerprint density at radius 3 is 2.00 bits per heavy atom. The van der Waals surface area contributed by atoms with Crippen LogP contribution in [0.5, 0.6) is 0 Å². The van der Waals surface area contributed by atoms with Gasteiger partial charge in [-0.2, -0.15) is 26.3 Å². The molecule has 0 fully saturated rings. The molecule has 0 bridgehead atoms. The van der Waals surface area contributed by atoms with Gasteiger partial charge in [-0.1, -0.05) is 0 Å². The van der Waals surface area contributed by atoms with Crippen LogP contribution in [0, 0.1) is 0 Å². The molecular formula is C11H6F6O3. The van der Waals surface area contributed by atoms with Gasteiger partial charge in [-0.05, 0) is 12.1 Å². The zero-order chi connectivity index (χ0) is 15.7. The number of esters is 1. The maximum Gasteiger partial charge on any atom is 0.417 e. The summed E-state index contributed by atoms with van der Waals surface area (Å²) < 4.78 is 80.4. The van der Waals surface area contributed by atoms with Crippen molar-refractivity contribution in [3.63, 3.8) is 0 Å². The SMILES string of the molecule is COC(=O)c1cc(C=O)cc(C(F)(F)F)c1C(F)(F)F. The Hall–Kier alpha value is -2.06. The molecule has 110 valence electrons. The van der Waals surface area contributed by atoms with Gasteiger partial charge in [0.2, 0.25) is 0 Å². The molecule has 0 saturated carbocycles. The van der Waals surface area contributed by atoms with E-state index in [1.54, 1.807) is 0 Å². The van der Waals surface area contributed by atoms with Crippen molar-refractivity contribution in [2.24, 2.45) is 0 Å².